The van der Waals surface area contributed by atoms with Gasteiger partial charge < -0.3 is 14.8 Å². The number of nitrogens with zero attached hydrogens (tertiary/aromatic N) is 3. The van der Waals surface area contributed by atoms with Gasteiger partial charge in [-0.25, -0.2) is 9.50 Å². The summed E-state index contributed by atoms with van der Waals surface area (Å²) in [6, 6.07) is 7.33. The Bertz CT molecular complexity index is 1010. The number of carbonyl (C=O) groups is 1. The van der Waals surface area contributed by atoms with Crippen molar-refractivity contribution in [3.05, 3.63) is 46.9 Å². The van der Waals surface area contributed by atoms with Crippen LogP contribution in [0.2, 0.25) is 0 Å². The maximum absolute atomic E-state index is 12.4. The summed E-state index contributed by atoms with van der Waals surface area (Å²) in [6.45, 7) is 6.15. The topological polar surface area (TPSA) is 77.8 Å². The molecule has 0 spiro atoms. The number of amides is 1. The predicted octanol–water partition coefficient (Wildman–Crippen LogP) is 2.95. The van der Waals surface area contributed by atoms with Crippen LogP contribution in [0.4, 0.5) is 5.69 Å². The number of rotatable bonds is 4. The molecule has 2 aromatic heterocycles. The van der Waals surface area contributed by atoms with Crippen LogP contribution in [0.1, 0.15) is 29.1 Å². The van der Waals surface area contributed by atoms with Gasteiger partial charge in [0.25, 0.3) is 0 Å². The van der Waals surface area contributed by atoms with Crippen molar-refractivity contribution in [1.82, 2.24) is 14.6 Å². The lowest BCUT2D eigenvalue weighted by Gasteiger charge is -2.11. The van der Waals surface area contributed by atoms with Gasteiger partial charge in [0.2, 0.25) is 12.7 Å². The number of anilines is 1. The Hall–Kier alpha value is -3.09. The molecular weight excluding hydrogens is 332 g/mol. The van der Waals surface area contributed by atoms with Crippen LogP contribution < -0.4 is 14.8 Å². The van der Waals surface area contributed by atoms with Crippen molar-refractivity contribution in [2.75, 3.05) is 12.1 Å². The zero-order chi connectivity index (χ0) is 18.3. The number of hydrogen-bond acceptors (Lipinski definition) is 5. The minimum Gasteiger partial charge on any atom is -0.454 e. The second-order valence-electron chi connectivity index (χ2n) is 6.43. The molecule has 4 rings (SSSR count). The van der Waals surface area contributed by atoms with Crippen LogP contribution >= 0.6 is 0 Å². The summed E-state index contributed by atoms with van der Waals surface area (Å²) in [5, 5.41) is 7.38. The fourth-order valence-electron chi connectivity index (χ4n) is 3.24. The van der Waals surface area contributed by atoms with Crippen LogP contribution in [0.3, 0.4) is 0 Å². The standard InChI is InChI=1S/C19H20N4O3/c1-11-8-18-20-12(2)15(13(3)23(18)22-11)5-7-19(24)21-14-4-6-16-17(9-14)26-10-25-16/h4,6,8-9H,5,7,10H2,1-3H3,(H,21,24). The van der Waals surface area contributed by atoms with E-state index < -0.39 is 0 Å². The lowest BCUT2D eigenvalue weighted by Crippen LogP contribution is -2.14. The Morgan fingerprint density at radius 3 is 2.85 bits per heavy atom. The summed E-state index contributed by atoms with van der Waals surface area (Å²) in [5.74, 6) is 1.29. The van der Waals surface area contributed by atoms with Gasteiger partial charge in [-0.1, -0.05) is 0 Å². The van der Waals surface area contributed by atoms with E-state index >= 15 is 0 Å². The van der Waals surface area contributed by atoms with Gasteiger partial charge in [-0.05, 0) is 44.9 Å². The number of aryl methyl sites for hydroxylation is 3. The summed E-state index contributed by atoms with van der Waals surface area (Å²) in [5.41, 5.74) is 5.48. The molecule has 7 heteroatoms. The molecule has 3 heterocycles. The molecule has 134 valence electrons. The minimum absolute atomic E-state index is 0.0561. The van der Waals surface area contributed by atoms with E-state index in [4.69, 9.17) is 9.47 Å². The molecule has 0 saturated carbocycles. The molecule has 0 saturated heterocycles. The van der Waals surface area contributed by atoms with Crippen LogP contribution in [0, 0.1) is 20.8 Å². The third-order valence-electron chi connectivity index (χ3n) is 4.54. The first-order chi connectivity index (χ1) is 12.5. The summed E-state index contributed by atoms with van der Waals surface area (Å²) in [6.07, 6.45) is 0.972. The van der Waals surface area contributed by atoms with Gasteiger partial charge in [-0.3, -0.25) is 4.79 Å². The number of carbonyl (C=O) groups excluding carboxylic acids is 1. The van der Waals surface area contributed by atoms with E-state index in [9.17, 15) is 4.79 Å². The molecule has 1 N–H and O–H groups in total. The molecule has 3 aromatic rings. The lowest BCUT2D eigenvalue weighted by molar-refractivity contribution is -0.116. The molecule has 1 aromatic carbocycles. The highest BCUT2D eigenvalue weighted by Gasteiger charge is 2.15. The monoisotopic (exact) mass is 352 g/mol. The van der Waals surface area contributed by atoms with Crippen molar-refractivity contribution >= 4 is 17.2 Å². The molecule has 0 unspecified atom stereocenters. The van der Waals surface area contributed by atoms with Crippen molar-refractivity contribution in [1.29, 1.82) is 0 Å². The molecule has 7 nitrogen and oxygen atoms in total. The number of aromatic nitrogens is 3. The van der Waals surface area contributed by atoms with Crippen molar-refractivity contribution in [3.63, 3.8) is 0 Å². The number of hydrogen-bond donors (Lipinski definition) is 1. The Morgan fingerprint density at radius 2 is 2.00 bits per heavy atom. The zero-order valence-corrected chi connectivity index (χ0v) is 15.0. The molecule has 1 aliphatic rings. The average Bonchev–Trinajstić information content (AvgIpc) is 3.20. The molecule has 0 radical (unpaired) electrons. The second kappa shape index (κ2) is 6.33. The van der Waals surface area contributed by atoms with Crippen LogP contribution in [0.15, 0.2) is 24.3 Å². The second-order valence-corrected chi connectivity index (χ2v) is 6.43. The highest BCUT2D eigenvalue weighted by molar-refractivity contribution is 5.91. The third kappa shape index (κ3) is 2.96. The molecular formula is C19H20N4O3. The Balaban J connectivity index is 1.47. The van der Waals surface area contributed by atoms with E-state index in [0.29, 0.717) is 30.0 Å². The number of fused-ring (bicyclic) bond motifs is 2. The minimum atomic E-state index is -0.0561. The largest absolute Gasteiger partial charge is 0.454 e. The van der Waals surface area contributed by atoms with Gasteiger partial charge in [0, 0.05) is 35.6 Å². The van der Waals surface area contributed by atoms with E-state index in [1.165, 1.54) is 0 Å². The molecule has 0 aliphatic carbocycles. The first-order valence-electron chi connectivity index (χ1n) is 8.53. The maximum Gasteiger partial charge on any atom is 0.231 e. The summed E-state index contributed by atoms with van der Waals surface area (Å²) in [7, 11) is 0. The normalized spacial score (nSPS) is 12.6. The lowest BCUT2D eigenvalue weighted by atomic mass is 10.1. The van der Waals surface area contributed by atoms with E-state index in [1.807, 2.05) is 37.4 Å². The van der Waals surface area contributed by atoms with E-state index in [1.54, 1.807) is 12.1 Å². The van der Waals surface area contributed by atoms with E-state index in [2.05, 4.69) is 15.4 Å². The van der Waals surface area contributed by atoms with Crippen molar-refractivity contribution in [3.8, 4) is 11.5 Å². The van der Waals surface area contributed by atoms with Crippen LogP contribution in [-0.4, -0.2) is 27.3 Å². The quantitative estimate of drug-likeness (QED) is 0.781. The number of nitrogens with one attached hydrogen (secondary N) is 1. The Morgan fingerprint density at radius 1 is 1.19 bits per heavy atom. The van der Waals surface area contributed by atoms with Crippen LogP contribution in [-0.2, 0) is 11.2 Å². The fourth-order valence-corrected chi connectivity index (χ4v) is 3.24. The summed E-state index contributed by atoms with van der Waals surface area (Å²) >= 11 is 0. The first kappa shape index (κ1) is 16.4. The maximum atomic E-state index is 12.4. The van der Waals surface area contributed by atoms with Gasteiger partial charge in [0.1, 0.15) is 0 Å². The van der Waals surface area contributed by atoms with Crippen molar-refractivity contribution in [2.24, 2.45) is 0 Å². The van der Waals surface area contributed by atoms with E-state index in [-0.39, 0.29) is 12.7 Å². The van der Waals surface area contributed by atoms with Gasteiger partial charge >= 0.3 is 0 Å². The molecule has 26 heavy (non-hydrogen) atoms. The Kier molecular flexibility index (Phi) is 3.99. The smallest absolute Gasteiger partial charge is 0.231 e. The molecule has 1 amide bonds. The SMILES string of the molecule is Cc1cc2nc(C)c(CCC(=O)Nc3ccc4c(c3)OCO4)c(C)n2n1. The highest BCUT2D eigenvalue weighted by Crippen LogP contribution is 2.34. The molecule has 1 aliphatic heterocycles. The number of ether oxygens (including phenoxy) is 2. The zero-order valence-electron chi connectivity index (χ0n) is 15.0. The van der Waals surface area contributed by atoms with Gasteiger partial charge in [0.05, 0.1) is 5.69 Å². The predicted molar refractivity (Wildman–Crippen MR) is 96.7 cm³/mol. The highest BCUT2D eigenvalue weighted by atomic mass is 16.7. The van der Waals surface area contributed by atoms with Gasteiger partial charge in [-0.2, -0.15) is 5.10 Å². The fraction of sp³-hybridized carbons (Fsp3) is 0.316. The summed E-state index contributed by atoms with van der Waals surface area (Å²) in [4.78, 5) is 16.9. The van der Waals surface area contributed by atoms with Crippen LogP contribution in [0.25, 0.3) is 5.65 Å². The van der Waals surface area contributed by atoms with Crippen molar-refractivity contribution in [2.45, 2.75) is 33.6 Å². The summed E-state index contributed by atoms with van der Waals surface area (Å²) < 4.78 is 12.5. The molecule has 0 bridgehead atoms. The van der Waals surface area contributed by atoms with E-state index in [0.717, 1.165) is 28.3 Å². The molecule has 0 atom stereocenters. The third-order valence-corrected chi connectivity index (χ3v) is 4.54. The van der Waals surface area contributed by atoms with Gasteiger partial charge in [-0.15, -0.1) is 0 Å². The average molecular weight is 352 g/mol. The Labute approximate surface area is 151 Å². The van der Waals surface area contributed by atoms with Crippen LogP contribution in [0.5, 0.6) is 11.5 Å². The van der Waals surface area contributed by atoms with Gasteiger partial charge in [0.15, 0.2) is 17.1 Å². The molecule has 0 fully saturated rings. The van der Waals surface area contributed by atoms with Crippen molar-refractivity contribution < 1.29 is 14.3 Å². The first-order valence-corrected chi connectivity index (χ1v) is 8.53. The number of benzene rings is 1.